The second-order valence-electron chi connectivity index (χ2n) is 4.57. The summed E-state index contributed by atoms with van der Waals surface area (Å²) in [6.07, 6.45) is 3.69. The Kier molecular flexibility index (Phi) is 3.06. The molecule has 104 valence electrons. The molecule has 6 heteroatoms. The van der Waals surface area contributed by atoms with Gasteiger partial charge in [-0.2, -0.15) is 0 Å². The van der Waals surface area contributed by atoms with E-state index in [4.69, 9.17) is 10.5 Å². The molecule has 0 spiro atoms. The Morgan fingerprint density at radius 1 is 1.35 bits per heavy atom. The molecule has 0 amide bonds. The molecule has 0 saturated heterocycles. The van der Waals surface area contributed by atoms with E-state index in [-0.39, 0.29) is 0 Å². The molecule has 1 aromatic carbocycles. The Morgan fingerprint density at radius 2 is 2.20 bits per heavy atom. The SMILES string of the molecule is CCOc1cccc2c1nc(N)n2Cc1nccn1C. The molecule has 0 aliphatic carbocycles. The van der Waals surface area contributed by atoms with Crippen LogP contribution in [0.25, 0.3) is 11.0 Å². The van der Waals surface area contributed by atoms with Crippen LogP contribution in [-0.4, -0.2) is 25.7 Å². The van der Waals surface area contributed by atoms with Crippen LogP contribution in [0.15, 0.2) is 30.6 Å². The van der Waals surface area contributed by atoms with E-state index in [1.54, 1.807) is 6.20 Å². The molecule has 3 rings (SSSR count). The smallest absolute Gasteiger partial charge is 0.201 e. The average Bonchev–Trinajstić information content (AvgIpc) is 2.97. The second-order valence-corrected chi connectivity index (χ2v) is 4.57. The maximum Gasteiger partial charge on any atom is 0.201 e. The lowest BCUT2D eigenvalue weighted by Crippen LogP contribution is -2.08. The predicted molar refractivity (Wildman–Crippen MR) is 77.6 cm³/mol. The summed E-state index contributed by atoms with van der Waals surface area (Å²) in [5.41, 5.74) is 7.79. The van der Waals surface area contributed by atoms with E-state index in [1.807, 2.05) is 47.5 Å². The Hall–Kier alpha value is -2.50. The lowest BCUT2D eigenvalue weighted by Gasteiger charge is -2.07. The van der Waals surface area contributed by atoms with Crippen LogP contribution < -0.4 is 10.5 Å². The molecule has 20 heavy (non-hydrogen) atoms. The summed E-state index contributed by atoms with van der Waals surface area (Å²) in [4.78, 5) is 8.75. The van der Waals surface area contributed by atoms with E-state index in [9.17, 15) is 0 Å². The van der Waals surface area contributed by atoms with Crippen molar-refractivity contribution in [1.82, 2.24) is 19.1 Å². The minimum absolute atomic E-state index is 0.468. The summed E-state index contributed by atoms with van der Waals surface area (Å²) in [6, 6.07) is 5.84. The van der Waals surface area contributed by atoms with Crippen molar-refractivity contribution in [3.05, 3.63) is 36.4 Å². The van der Waals surface area contributed by atoms with Gasteiger partial charge in [-0.05, 0) is 19.1 Å². The van der Waals surface area contributed by atoms with Crippen LogP contribution in [0.5, 0.6) is 5.75 Å². The molecular formula is C14H17N5O. The first-order valence-electron chi connectivity index (χ1n) is 6.54. The van der Waals surface area contributed by atoms with E-state index in [1.165, 1.54) is 0 Å². The molecule has 2 aromatic heterocycles. The Balaban J connectivity index is 2.09. The van der Waals surface area contributed by atoms with Gasteiger partial charge < -0.3 is 19.6 Å². The first kappa shape index (κ1) is 12.5. The number of anilines is 1. The van der Waals surface area contributed by atoms with Gasteiger partial charge in [-0.15, -0.1) is 0 Å². The number of nitrogens with two attached hydrogens (primary N) is 1. The highest BCUT2D eigenvalue weighted by Gasteiger charge is 2.13. The van der Waals surface area contributed by atoms with Crippen LogP contribution in [0.1, 0.15) is 12.7 Å². The molecular weight excluding hydrogens is 254 g/mol. The van der Waals surface area contributed by atoms with Crippen molar-refractivity contribution < 1.29 is 4.74 Å². The predicted octanol–water partition coefficient (Wildman–Crippen LogP) is 1.80. The fourth-order valence-corrected chi connectivity index (χ4v) is 2.27. The molecule has 0 atom stereocenters. The molecule has 6 nitrogen and oxygen atoms in total. The first-order valence-corrected chi connectivity index (χ1v) is 6.54. The fourth-order valence-electron chi connectivity index (χ4n) is 2.27. The number of aryl methyl sites for hydroxylation is 1. The Bertz CT molecular complexity index is 743. The van der Waals surface area contributed by atoms with E-state index in [0.717, 1.165) is 22.6 Å². The average molecular weight is 271 g/mol. The molecule has 2 N–H and O–H groups in total. The van der Waals surface area contributed by atoms with Crippen molar-refractivity contribution in [2.75, 3.05) is 12.3 Å². The molecule has 0 radical (unpaired) electrons. The Labute approximate surface area is 116 Å². The number of fused-ring (bicyclic) bond motifs is 1. The van der Waals surface area contributed by atoms with Crippen LogP contribution in [0.4, 0.5) is 5.95 Å². The van der Waals surface area contributed by atoms with Crippen molar-refractivity contribution in [2.24, 2.45) is 7.05 Å². The third-order valence-corrected chi connectivity index (χ3v) is 3.29. The largest absolute Gasteiger partial charge is 0.492 e. The number of hydrogen-bond donors (Lipinski definition) is 1. The molecule has 0 aliphatic rings. The van der Waals surface area contributed by atoms with Gasteiger partial charge in [0, 0.05) is 19.4 Å². The van der Waals surface area contributed by atoms with Gasteiger partial charge in [0.05, 0.1) is 18.7 Å². The number of imidazole rings is 2. The zero-order valence-corrected chi connectivity index (χ0v) is 11.6. The minimum atomic E-state index is 0.468. The van der Waals surface area contributed by atoms with Crippen molar-refractivity contribution >= 4 is 17.0 Å². The standard InChI is InChI=1S/C14H17N5O/c1-3-20-11-6-4-5-10-13(11)17-14(15)19(10)9-12-16-7-8-18(12)2/h4-8H,3,9H2,1-2H3,(H2,15,17). The number of nitrogen functional groups attached to an aromatic ring is 1. The van der Waals surface area contributed by atoms with Gasteiger partial charge in [0.1, 0.15) is 17.1 Å². The minimum Gasteiger partial charge on any atom is -0.492 e. The summed E-state index contributed by atoms with van der Waals surface area (Å²) < 4.78 is 9.51. The molecule has 2 heterocycles. The number of benzene rings is 1. The third-order valence-electron chi connectivity index (χ3n) is 3.29. The van der Waals surface area contributed by atoms with Crippen LogP contribution in [0, 0.1) is 0 Å². The van der Waals surface area contributed by atoms with Crippen LogP contribution in [0.2, 0.25) is 0 Å². The van der Waals surface area contributed by atoms with Gasteiger partial charge in [-0.3, -0.25) is 0 Å². The molecule has 0 bridgehead atoms. The van der Waals surface area contributed by atoms with E-state index < -0.39 is 0 Å². The maximum absolute atomic E-state index is 6.04. The second kappa shape index (κ2) is 4.88. The van der Waals surface area contributed by atoms with Gasteiger partial charge in [-0.25, -0.2) is 9.97 Å². The molecule has 0 saturated carbocycles. The lowest BCUT2D eigenvalue weighted by atomic mass is 10.3. The number of rotatable bonds is 4. The normalized spacial score (nSPS) is 11.1. The number of ether oxygens (including phenoxy) is 1. The summed E-state index contributed by atoms with van der Waals surface area (Å²) >= 11 is 0. The quantitative estimate of drug-likeness (QED) is 0.785. The third kappa shape index (κ3) is 1.99. The highest BCUT2D eigenvalue weighted by Crippen LogP contribution is 2.27. The van der Waals surface area contributed by atoms with Crippen LogP contribution in [0.3, 0.4) is 0 Å². The number of aromatic nitrogens is 4. The van der Waals surface area contributed by atoms with Gasteiger partial charge in [0.25, 0.3) is 0 Å². The van der Waals surface area contributed by atoms with E-state index in [0.29, 0.717) is 19.1 Å². The summed E-state index contributed by atoms with van der Waals surface area (Å²) in [6.45, 7) is 3.14. The van der Waals surface area contributed by atoms with Gasteiger partial charge in [0.2, 0.25) is 5.95 Å². The number of para-hydroxylation sites is 1. The van der Waals surface area contributed by atoms with Crippen molar-refractivity contribution in [3.8, 4) is 5.75 Å². The van der Waals surface area contributed by atoms with Crippen molar-refractivity contribution in [3.63, 3.8) is 0 Å². The first-order chi connectivity index (χ1) is 9.70. The van der Waals surface area contributed by atoms with Crippen LogP contribution in [-0.2, 0) is 13.6 Å². The van der Waals surface area contributed by atoms with Gasteiger partial charge in [-0.1, -0.05) is 6.07 Å². The van der Waals surface area contributed by atoms with Crippen molar-refractivity contribution in [1.29, 1.82) is 0 Å². The summed E-state index contributed by atoms with van der Waals surface area (Å²) in [5, 5.41) is 0. The van der Waals surface area contributed by atoms with Gasteiger partial charge in [0.15, 0.2) is 0 Å². The summed E-state index contributed by atoms with van der Waals surface area (Å²) in [5.74, 6) is 2.16. The monoisotopic (exact) mass is 271 g/mol. The Morgan fingerprint density at radius 3 is 2.90 bits per heavy atom. The highest BCUT2D eigenvalue weighted by molar-refractivity contribution is 5.84. The molecule has 0 aliphatic heterocycles. The molecule has 0 fully saturated rings. The number of hydrogen-bond acceptors (Lipinski definition) is 4. The number of nitrogens with zero attached hydrogens (tertiary/aromatic N) is 4. The van der Waals surface area contributed by atoms with E-state index in [2.05, 4.69) is 9.97 Å². The van der Waals surface area contributed by atoms with E-state index >= 15 is 0 Å². The lowest BCUT2D eigenvalue weighted by molar-refractivity contribution is 0.343. The maximum atomic E-state index is 6.04. The molecule has 0 unspecified atom stereocenters. The summed E-state index contributed by atoms with van der Waals surface area (Å²) in [7, 11) is 1.96. The molecule has 3 aromatic rings. The topological polar surface area (TPSA) is 70.9 Å². The highest BCUT2D eigenvalue weighted by atomic mass is 16.5. The van der Waals surface area contributed by atoms with Crippen molar-refractivity contribution in [2.45, 2.75) is 13.5 Å². The van der Waals surface area contributed by atoms with Crippen LogP contribution >= 0.6 is 0 Å². The fraction of sp³-hybridized carbons (Fsp3) is 0.286. The zero-order valence-electron chi connectivity index (χ0n) is 11.6. The van der Waals surface area contributed by atoms with Gasteiger partial charge >= 0.3 is 0 Å². The zero-order chi connectivity index (χ0) is 14.1.